The van der Waals surface area contributed by atoms with Gasteiger partial charge < -0.3 is 4.74 Å². The second kappa shape index (κ2) is 5.56. The number of halogens is 4. The first-order valence-electron chi connectivity index (χ1n) is 5.50. The van der Waals surface area contributed by atoms with E-state index in [9.17, 15) is 17.6 Å². The van der Waals surface area contributed by atoms with E-state index in [1.54, 1.807) is 14.0 Å². The zero-order valence-electron chi connectivity index (χ0n) is 10.4. The van der Waals surface area contributed by atoms with Crippen molar-refractivity contribution in [2.75, 3.05) is 13.6 Å². The zero-order chi connectivity index (χ0) is 13.9. The summed E-state index contributed by atoms with van der Waals surface area (Å²) >= 11 is 0. The lowest BCUT2D eigenvalue weighted by Crippen LogP contribution is -2.23. The van der Waals surface area contributed by atoms with Crippen molar-refractivity contribution in [3.63, 3.8) is 0 Å². The van der Waals surface area contributed by atoms with Crippen molar-refractivity contribution in [1.29, 1.82) is 0 Å². The quantitative estimate of drug-likeness (QED) is 0.769. The highest BCUT2D eigenvalue weighted by atomic mass is 19.4. The highest BCUT2D eigenvalue weighted by Crippen LogP contribution is 2.29. The topological polar surface area (TPSA) is 12.5 Å². The van der Waals surface area contributed by atoms with Crippen LogP contribution < -0.4 is 4.74 Å². The molecule has 0 aliphatic carbocycles. The first kappa shape index (κ1) is 14.8. The molecule has 0 aromatic heterocycles. The van der Waals surface area contributed by atoms with Crippen molar-refractivity contribution < 1.29 is 22.3 Å². The van der Waals surface area contributed by atoms with Crippen LogP contribution in [0.2, 0.25) is 0 Å². The molecule has 0 amide bonds. The van der Waals surface area contributed by atoms with Crippen LogP contribution >= 0.6 is 0 Å². The second-order valence-electron chi connectivity index (χ2n) is 3.98. The van der Waals surface area contributed by atoms with Crippen LogP contribution in [0.4, 0.5) is 17.6 Å². The summed E-state index contributed by atoms with van der Waals surface area (Å²) < 4.78 is 53.6. The number of benzene rings is 1. The summed E-state index contributed by atoms with van der Waals surface area (Å²) in [7, 11) is 1.77. The molecule has 1 rings (SSSR count). The summed E-state index contributed by atoms with van der Waals surface area (Å²) in [4.78, 5) is 1.82. The van der Waals surface area contributed by atoms with E-state index in [2.05, 4.69) is 4.74 Å². The Kier molecular flexibility index (Phi) is 4.56. The Morgan fingerprint density at radius 1 is 1.33 bits per heavy atom. The Bertz CT molecular complexity index is 406. The van der Waals surface area contributed by atoms with Crippen molar-refractivity contribution in [2.24, 2.45) is 0 Å². The van der Waals surface area contributed by atoms with E-state index in [0.717, 1.165) is 18.2 Å². The second-order valence-corrected chi connectivity index (χ2v) is 3.98. The number of rotatable bonds is 4. The molecule has 0 unspecified atom stereocenters. The van der Waals surface area contributed by atoms with Crippen LogP contribution in [0.25, 0.3) is 0 Å². The predicted molar refractivity (Wildman–Crippen MR) is 59.8 cm³/mol. The van der Waals surface area contributed by atoms with E-state index in [0.29, 0.717) is 6.54 Å². The van der Waals surface area contributed by atoms with Gasteiger partial charge in [0.2, 0.25) is 0 Å². The van der Waals surface area contributed by atoms with Crippen molar-refractivity contribution in [3.05, 3.63) is 29.6 Å². The van der Waals surface area contributed by atoms with E-state index in [-0.39, 0.29) is 11.6 Å². The van der Waals surface area contributed by atoms with E-state index >= 15 is 0 Å². The van der Waals surface area contributed by atoms with Gasteiger partial charge in [0.15, 0.2) is 0 Å². The molecule has 0 fully saturated rings. The van der Waals surface area contributed by atoms with Gasteiger partial charge in [-0.2, -0.15) is 0 Å². The van der Waals surface area contributed by atoms with Gasteiger partial charge in [-0.3, -0.25) is 4.90 Å². The van der Waals surface area contributed by atoms with Gasteiger partial charge in [-0.25, -0.2) is 4.39 Å². The van der Waals surface area contributed by atoms with E-state index in [1.807, 2.05) is 11.8 Å². The summed E-state index contributed by atoms with van der Waals surface area (Å²) in [5.41, 5.74) is 0.182. The molecule has 0 spiro atoms. The highest BCUT2D eigenvalue weighted by molar-refractivity contribution is 5.31. The maximum Gasteiger partial charge on any atom is 0.573 e. The molecular weight excluding hydrogens is 250 g/mol. The molecule has 1 aromatic rings. The molecule has 102 valence electrons. The van der Waals surface area contributed by atoms with Gasteiger partial charge >= 0.3 is 6.36 Å². The molecule has 0 saturated heterocycles. The molecular formula is C12H15F4NO. The van der Waals surface area contributed by atoms with Gasteiger partial charge in [0.25, 0.3) is 0 Å². The van der Waals surface area contributed by atoms with Crippen LogP contribution in [0.15, 0.2) is 18.2 Å². The number of hydrogen-bond acceptors (Lipinski definition) is 2. The molecule has 0 aliphatic rings. The fraction of sp³-hybridized carbons (Fsp3) is 0.500. The van der Waals surface area contributed by atoms with Crippen molar-refractivity contribution >= 4 is 0 Å². The molecule has 0 saturated carbocycles. The monoisotopic (exact) mass is 265 g/mol. The SMILES string of the molecule is CCN(C)[C@H](C)c1cc(OC(F)(F)F)ccc1F. The van der Waals surface area contributed by atoms with Crippen molar-refractivity contribution in [3.8, 4) is 5.75 Å². The number of alkyl halides is 3. The van der Waals surface area contributed by atoms with Gasteiger partial charge in [0, 0.05) is 11.6 Å². The largest absolute Gasteiger partial charge is 0.573 e. The number of ether oxygens (including phenoxy) is 1. The van der Waals surface area contributed by atoms with Crippen LogP contribution in [0.5, 0.6) is 5.75 Å². The smallest absolute Gasteiger partial charge is 0.406 e. The Morgan fingerprint density at radius 3 is 2.44 bits per heavy atom. The van der Waals surface area contributed by atoms with Crippen LogP contribution in [-0.4, -0.2) is 24.9 Å². The van der Waals surface area contributed by atoms with Gasteiger partial charge in [-0.05, 0) is 38.7 Å². The highest BCUT2D eigenvalue weighted by Gasteiger charge is 2.31. The molecule has 1 aromatic carbocycles. The minimum Gasteiger partial charge on any atom is -0.406 e. The lowest BCUT2D eigenvalue weighted by Gasteiger charge is -2.24. The molecule has 2 nitrogen and oxygen atoms in total. The third-order valence-electron chi connectivity index (χ3n) is 2.81. The molecule has 0 aliphatic heterocycles. The normalized spacial score (nSPS) is 13.8. The molecule has 18 heavy (non-hydrogen) atoms. The summed E-state index contributed by atoms with van der Waals surface area (Å²) in [6, 6.07) is 2.70. The molecule has 0 bridgehead atoms. The molecule has 0 N–H and O–H groups in total. The van der Waals surface area contributed by atoms with Crippen molar-refractivity contribution in [2.45, 2.75) is 26.3 Å². The standard InChI is InChI=1S/C12H15F4NO/c1-4-17(3)8(2)10-7-9(5-6-11(10)13)18-12(14,15)16/h5-8H,4H2,1-3H3/t8-/m1/s1. The Balaban J connectivity index is 3.01. The van der Waals surface area contributed by atoms with E-state index < -0.39 is 17.9 Å². The van der Waals surface area contributed by atoms with Crippen LogP contribution in [0.1, 0.15) is 25.5 Å². The lowest BCUT2D eigenvalue weighted by molar-refractivity contribution is -0.274. The zero-order valence-corrected chi connectivity index (χ0v) is 10.4. The van der Waals surface area contributed by atoms with Gasteiger partial charge in [0.1, 0.15) is 11.6 Å². The summed E-state index contributed by atoms with van der Waals surface area (Å²) in [5.74, 6) is -0.951. The number of hydrogen-bond donors (Lipinski definition) is 0. The Morgan fingerprint density at radius 2 is 1.94 bits per heavy atom. The van der Waals surface area contributed by atoms with Gasteiger partial charge in [0.05, 0.1) is 0 Å². The summed E-state index contributed by atoms with van der Waals surface area (Å²) in [5, 5.41) is 0. The third-order valence-corrected chi connectivity index (χ3v) is 2.81. The average molecular weight is 265 g/mol. The van der Waals surface area contributed by atoms with Crippen molar-refractivity contribution in [1.82, 2.24) is 4.90 Å². The minimum absolute atomic E-state index is 0.182. The predicted octanol–water partition coefficient (Wildman–Crippen LogP) is 3.74. The average Bonchev–Trinajstić information content (AvgIpc) is 2.28. The first-order chi connectivity index (χ1) is 8.24. The number of nitrogens with zero attached hydrogens (tertiary/aromatic N) is 1. The molecule has 1 atom stereocenters. The van der Waals surface area contributed by atoms with E-state index in [4.69, 9.17) is 0 Å². The fourth-order valence-corrected chi connectivity index (χ4v) is 1.55. The Hall–Kier alpha value is -1.30. The summed E-state index contributed by atoms with van der Waals surface area (Å²) in [6.45, 7) is 4.26. The summed E-state index contributed by atoms with van der Waals surface area (Å²) in [6.07, 6.45) is -4.77. The first-order valence-corrected chi connectivity index (χ1v) is 5.50. The Labute approximate surface area is 103 Å². The minimum atomic E-state index is -4.77. The van der Waals surface area contributed by atoms with Gasteiger partial charge in [-0.1, -0.05) is 6.92 Å². The van der Waals surface area contributed by atoms with Crippen LogP contribution in [0.3, 0.4) is 0 Å². The van der Waals surface area contributed by atoms with Crippen LogP contribution in [0, 0.1) is 5.82 Å². The molecule has 0 radical (unpaired) electrons. The molecule has 6 heteroatoms. The maximum absolute atomic E-state index is 13.6. The molecule has 0 heterocycles. The fourth-order valence-electron chi connectivity index (χ4n) is 1.55. The lowest BCUT2D eigenvalue weighted by atomic mass is 10.1. The maximum atomic E-state index is 13.6. The van der Waals surface area contributed by atoms with Gasteiger partial charge in [-0.15, -0.1) is 13.2 Å². The van der Waals surface area contributed by atoms with Crippen LogP contribution in [-0.2, 0) is 0 Å². The third kappa shape index (κ3) is 3.87. The van der Waals surface area contributed by atoms with E-state index in [1.165, 1.54) is 0 Å².